The fourth-order valence-corrected chi connectivity index (χ4v) is 3.80. The van der Waals surface area contributed by atoms with Gasteiger partial charge in [-0.05, 0) is 29.2 Å². The molecule has 3 heteroatoms. The Bertz CT molecular complexity index is 734. The number of ether oxygens (including phenoxy) is 1. The molecule has 0 saturated heterocycles. The van der Waals surface area contributed by atoms with Crippen LogP contribution in [0.15, 0.2) is 60.2 Å². The first-order valence-electron chi connectivity index (χ1n) is 7.75. The smallest absolute Gasteiger partial charge is 0.130 e. The molecule has 0 radical (unpaired) electrons. The van der Waals surface area contributed by atoms with Crippen molar-refractivity contribution in [3.63, 3.8) is 0 Å². The molecule has 0 amide bonds. The number of halogens is 1. The summed E-state index contributed by atoms with van der Waals surface area (Å²) in [5.41, 5.74) is 4.71. The molecule has 0 bridgehead atoms. The molecule has 1 atom stereocenters. The van der Waals surface area contributed by atoms with Crippen molar-refractivity contribution in [2.75, 3.05) is 6.61 Å². The van der Waals surface area contributed by atoms with Gasteiger partial charge in [0.2, 0.25) is 0 Å². The Kier molecular flexibility index (Phi) is 5.09. The maximum Gasteiger partial charge on any atom is 0.130 e. The first-order chi connectivity index (χ1) is 11.2. The molecule has 23 heavy (non-hydrogen) atoms. The maximum atomic E-state index is 11.7. The average molecular weight is 371 g/mol. The van der Waals surface area contributed by atoms with Crippen molar-refractivity contribution in [3.05, 3.63) is 76.9 Å². The third-order valence-electron chi connectivity index (χ3n) is 4.14. The highest BCUT2D eigenvalue weighted by Gasteiger charge is 2.30. The lowest BCUT2D eigenvalue weighted by Crippen LogP contribution is -2.09. The molecule has 0 N–H and O–H groups in total. The molecular formula is C20H19BrO2. The number of ketones is 1. The van der Waals surface area contributed by atoms with Gasteiger partial charge in [-0.3, -0.25) is 4.79 Å². The van der Waals surface area contributed by atoms with Gasteiger partial charge in [-0.1, -0.05) is 70.5 Å². The van der Waals surface area contributed by atoms with Gasteiger partial charge in [0.1, 0.15) is 5.78 Å². The number of benzene rings is 2. The van der Waals surface area contributed by atoms with Crippen LogP contribution in [0.4, 0.5) is 0 Å². The Morgan fingerprint density at radius 1 is 1.04 bits per heavy atom. The van der Waals surface area contributed by atoms with Crippen LogP contribution in [0.5, 0.6) is 0 Å². The Labute approximate surface area is 145 Å². The molecule has 0 fully saturated rings. The topological polar surface area (TPSA) is 26.3 Å². The van der Waals surface area contributed by atoms with Crippen LogP contribution in [-0.2, 0) is 16.1 Å². The van der Waals surface area contributed by atoms with Crippen molar-refractivity contribution >= 4 is 26.2 Å². The maximum absolute atomic E-state index is 11.7. The van der Waals surface area contributed by atoms with Gasteiger partial charge in [0, 0.05) is 16.8 Å². The van der Waals surface area contributed by atoms with E-state index in [1.807, 2.05) is 30.3 Å². The summed E-state index contributed by atoms with van der Waals surface area (Å²) in [6, 6.07) is 18.4. The summed E-state index contributed by atoms with van der Waals surface area (Å²) >= 11 is 3.71. The lowest BCUT2D eigenvalue weighted by Gasteiger charge is -2.15. The molecule has 118 valence electrons. The lowest BCUT2D eigenvalue weighted by molar-refractivity contribution is -0.117. The van der Waals surface area contributed by atoms with E-state index >= 15 is 0 Å². The second kappa shape index (κ2) is 7.24. The van der Waals surface area contributed by atoms with Gasteiger partial charge in [0.15, 0.2) is 0 Å². The Hall–Kier alpha value is -1.71. The fourth-order valence-electron chi connectivity index (χ4n) is 3.05. The zero-order valence-corrected chi connectivity index (χ0v) is 14.7. The molecule has 0 saturated carbocycles. The predicted molar refractivity (Wildman–Crippen MR) is 96.4 cm³/mol. The summed E-state index contributed by atoms with van der Waals surface area (Å²) in [5, 5.41) is 0. The van der Waals surface area contributed by atoms with Gasteiger partial charge in [-0.25, -0.2) is 0 Å². The highest BCUT2D eigenvalue weighted by molar-refractivity contribution is 9.15. The number of carbonyl (C=O) groups excluding carboxylic acids is 1. The van der Waals surface area contributed by atoms with Crippen molar-refractivity contribution < 1.29 is 9.53 Å². The monoisotopic (exact) mass is 370 g/mol. The standard InChI is InChI=1S/C20H19BrO2/c1-14(22)11-18-16-9-5-6-10-17(16)20(21)19(18)13-23-12-15-7-3-2-4-8-15/h2-10,18H,11-13H2,1H3. The molecular weight excluding hydrogens is 352 g/mol. The lowest BCUT2D eigenvalue weighted by atomic mass is 9.91. The third kappa shape index (κ3) is 3.62. The van der Waals surface area contributed by atoms with E-state index in [2.05, 4.69) is 40.2 Å². The predicted octanol–water partition coefficient (Wildman–Crippen LogP) is 5.09. The minimum absolute atomic E-state index is 0.119. The molecule has 2 aromatic carbocycles. The average Bonchev–Trinajstić information content (AvgIpc) is 2.81. The van der Waals surface area contributed by atoms with E-state index in [9.17, 15) is 4.79 Å². The summed E-state index contributed by atoms with van der Waals surface area (Å²) in [5.74, 6) is 0.321. The summed E-state index contributed by atoms with van der Waals surface area (Å²) in [6.45, 7) is 2.76. The molecule has 1 aliphatic carbocycles. The third-order valence-corrected chi connectivity index (χ3v) is 5.07. The Morgan fingerprint density at radius 2 is 1.74 bits per heavy atom. The van der Waals surface area contributed by atoms with E-state index in [1.165, 1.54) is 11.1 Å². The van der Waals surface area contributed by atoms with Crippen LogP contribution in [0, 0.1) is 0 Å². The molecule has 2 aromatic rings. The minimum atomic E-state index is 0.119. The van der Waals surface area contributed by atoms with Gasteiger partial charge >= 0.3 is 0 Å². The van der Waals surface area contributed by atoms with Crippen molar-refractivity contribution in [2.45, 2.75) is 25.9 Å². The zero-order chi connectivity index (χ0) is 16.2. The first kappa shape index (κ1) is 16.2. The van der Waals surface area contributed by atoms with E-state index in [0.29, 0.717) is 19.6 Å². The van der Waals surface area contributed by atoms with Crippen LogP contribution in [0.3, 0.4) is 0 Å². The van der Waals surface area contributed by atoms with Crippen LogP contribution in [0.25, 0.3) is 4.48 Å². The van der Waals surface area contributed by atoms with E-state index in [4.69, 9.17) is 4.74 Å². The molecule has 1 aliphatic rings. The van der Waals surface area contributed by atoms with E-state index in [0.717, 1.165) is 15.6 Å². The highest BCUT2D eigenvalue weighted by atomic mass is 79.9. The van der Waals surface area contributed by atoms with E-state index in [1.54, 1.807) is 6.92 Å². The van der Waals surface area contributed by atoms with Crippen molar-refractivity contribution in [1.29, 1.82) is 0 Å². The van der Waals surface area contributed by atoms with Gasteiger partial charge in [0.05, 0.1) is 13.2 Å². The quantitative estimate of drug-likeness (QED) is 0.707. The molecule has 3 rings (SSSR count). The van der Waals surface area contributed by atoms with E-state index < -0.39 is 0 Å². The van der Waals surface area contributed by atoms with Crippen LogP contribution in [0.1, 0.15) is 36.0 Å². The number of hydrogen-bond acceptors (Lipinski definition) is 2. The fraction of sp³-hybridized carbons (Fsp3) is 0.250. The zero-order valence-electron chi connectivity index (χ0n) is 13.1. The van der Waals surface area contributed by atoms with Crippen LogP contribution >= 0.6 is 15.9 Å². The van der Waals surface area contributed by atoms with Gasteiger partial charge in [-0.15, -0.1) is 0 Å². The SMILES string of the molecule is CC(=O)CC1C(COCc2ccccc2)=C(Br)c2ccccc21. The van der Waals surface area contributed by atoms with Crippen LogP contribution in [-0.4, -0.2) is 12.4 Å². The Balaban J connectivity index is 1.76. The number of hydrogen-bond donors (Lipinski definition) is 0. The summed E-state index contributed by atoms with van der Waals surface area (Å²) in [6.07, 6.45) is 0.524. The van der Waals surface area contributed by atoms with E-state index in [-0.39, 0.29) is 11.7 Å². The van der Waals surface area contributed by atoms with Crippen molar-refractivity contribution in [2.24, 2.45) is 0 Å². The second-order valence-electron chi connectivity index (χ2n) is 5.86. The molecule has 0 aromatic heterocycles. The largest absolute Gasteiger partial charge is 0.372 e. The van der Waals surface area contributed by atoms with Gasteiger partial charge in [-0.2, -0.15) is 0 Å². The number of Topliss-reactive ketones (excluding diaryl/α,β-unsaturated/α-hetero) is 1. The number of fused-ring (bicyclic) bond motifs is 1. The summed E-state index contributed by atoms with van der Waals surface area (Å²) in [4.78, 5) is 11.7. The summed E-state index contributed by atoms with van der Waals surface area (Å²) in [7, 11) is 0. The summed E-state index contributed by atoms with van der Waals surface area (Å²) < 4.78 is 6.99. The molecule has 0 spiro atoms. The van der Waals surface area contributed by atoms with Crippen molar-refractivity contribution in [1.82, 2.24) is 0 Å². The number of carbonyl (C=O) groups is 1. The number of rotatable bonds is 6. The minimum Gasteiger partial charge on any atom is -0.372 e. The molecule has 2 nitrogen and oxygen atoms in total. The normalized spacial score (nSPS) is 16.5. The molecule has 0 aliphatic heterocycles. The van der Waals surface area contributed by atoms with Crippen molar-refractivity contribution in [3.8, 4) is 0 Å². The van der Waals surface area contributed by atoms with Gasteiger partial charge in [0.25, 0.3) is 0 Å². The molecule has 0 heterocycles. The van der Waals surface area contributed by atoms with Crippen LogP contribution in [0.2, 0.25) is 0 Å². The van der Waals surface area contributed by atoms with Gasteiger partial charge < -0.3 is 4.74 Å². The van der Waals surface area contributed by atoms with Crippen LogP contribution < -0.4 is 0 Å². The molecule has 1 unspecified atom stereocenters. The highest BCUT2D eigenvalue weighted by Crippen LogP contribution is 2.46. The first-order valence-corrected chi connectivity index (χ1v) is 8.55. The second-order valence-corrected chi connectivity index (χ2v) is 6.66. The Morgan fingerprint density at radius 3 is 2.48 bits per heavy atom.